The maximum absolute atomic E-state index is 13.3. The normalized spacial score (nSPS) is 13.6. The topological polar surface area (TPSA) is 71.5 Å². The third-order valence-electron chi connectivity index (χ3n) is 5.31. The van der Waals surface area contributed by atoms with E-state index < -0.39 is 24.3 Å². The lowest BCUT2D eigenvalue weighted by molar-refractivity contribution is -0.119. The summed E-state index contributed by atoms with van der Waals surface area (Å²) >= 11 is 5.73. The first kappa shape index (κ1) is 21.2. The van der Waals surface area contributed by atoms with Crippen LogP contribution in [0.5, 0.6) is 0 Å². The van der Waals surface area contributed by atoms with E-state index in [2.05, 4.69) is 17.1 Å². The zero-order chi connectivity index (χ0) is 22.0. The van der Waals surface area contributed by atoms with Crippen molar-refractivity contribution in [1.82, 2.24) is 9.88 Å². The Balaban J connectivity index is 1.55. The molecule has 0 aliphatic carbocycles. The van der Waals surface area contributed by atoms with Gasteiger partial charge < -0.3 is 10.1 Å². The minimum atomic E-state index is -0.582. The first-order chi connectivity index (χ1) is 15.0. The number of hydrogen-bond acceptors (Lipinski definition) is 5. The number of hydrogen-bond donors (Lipinski definition) is 1. The largest absolute Gasteiger partial charge is 0.452 e. The van der Waals surface area contributed by atoms with E-state index in [0.29, 0.717) is 23.2 Å². The fourth-order valence-corrected chi connectivity index (χ4v) is 3.90. The molecule has 1 aliphatic rings. The van der Waals surface area contributed by atoms with Crippen LogP contribution in [0.1, 0.15) is 28.5 Å². The number of halogens is 2. The summed E-state index contributed by atoms with van der Waals surface area (Å²) in [6.45, 7) is 3.95. The monoisotopic (exact) mass is 441 g/mol. The summed E-state index contributed by atoms with van der Waals surface area (Å²) in [5, 5.41) is 3.14. The molecule has 0 fully saturated rings. The summed E-state index contributed by atoms with van der Waals surface area (Å²) in [6.07, 6.45) is 0.750. The predicted octanol–water partition coefficient (Wildman–Crippen LogP) is 4.20. The number of ether oxygens (including phenoxy) is 1. The highest BCUT2D eigenvalue weighted by atomic mass is 35.5. The number of carbonyl (C=O) groups is 2. The Kier molecular flexibility index (Phi) is 6.15. The van der Waals surface area contributed by atoms with Crippen LogP contribution in [0.15, 0.2) is 42.5 Å². The van der Waals surface area contributed by atoms with Crippen LogP contribution in [0.3, 0.4) is 0 Å². The van der Waals surface area contributed by atoms with Crippen LogP contribution in [0, 0.1) is 5.82 Å². The average Bonchev–Trinajstić information content (AvgIpc) is 2.78. The third kappa shape index (κ3) is 4.52. The van der Waals surface area contributed by atoms with Crippen LogP contribution < -0.4 is 5.32 Å². The Morgan fingerprint density at radius 1 is 1.26 bits per heavy atom. The molecule has 0 saturated carbocycles. The van der Waals surface area contributed by atoms with Crippen molar-refractivity contribution in [3.63, 3.8) is 0 Å². The second-order valence-corrected chi connectivity index (χ2v) is 7.71. The molecule has 0 saturated heterocycles. The predicted molar refractivity (Wildman–Crippen MR) is 117 cm³/mol. The number of aromatic nitrogens is 1. The summed E-state index contributed by atoms with van der Waals surface area (Å²) in [7, 11) is 0. The van der Waals surface area contributed by atoms with Gasteiger partial charge in [0.25, 0.3) is 5.91 Å². The van der Waals surface area contributed by atoms with Gasteiger partial charge in [-0.25, -0.2) is 9.18 Å². The van der Waals surface area contributed by atoms with Crippen molar-refractivity contribution in [3.05, 3.63) is 70.1 Å². The van der Waals surface area contributed by atoms with Gasteiger partial charge in [-0.3, -0.25) is 14.7 Å². The van der Waals surface area contributed by atoms with Crippen LogP contribution in [-0.2, 0) is 22.5 Å². The van der Waals surface area contributed by atoms with E-state index in [0.717, 1.165) is 42.4 Å². The Morgan fingerprint density at radius 3 is 2.84 bits per heavy atom. The zero-order valence-corrected chi connectivity index (χ0v) is 17.7. The molecular weight excluding hydrogens is 421 g/mol. The van der Waals surface area contributed by atoms with Crippen LogP contribution in [-0.4, -0.2) is 41.5 Å². The molecule has 8 heteroatoms. The van der Waals surface area contributed by atoms with E-state index in [-0.39, 0.29) is 5.02 Å². The smallest absolute Gasteiger partial charge is 0.339 e. The van der Waals surface area contributed by atoms with Crippen LogP contribution >= 0.6 is 11.6 Å². The maximum Gasteiger partial charge on any atom is 0.339 e. The number of nitrogens with one attached hydrogen (secondary N) is 1. The standard InChI is InChI=1S/C23H21ClFN3O3/c1-2-28-10-9-20-16(12-28)22(15-5-3-4-6-19(15)27-20)23(30)31-13-21(29)26-14-7-8-18(25)17(24)11-14/h3-8,11H,2,9-10,12-13H2,1H3,(H,26,29). The molecule has 0 radical (unpaired) electrons. The molecule has 0 atom stereocenters. The Hall–Kier alpha value is -3.03. The summed E-state index contributed by atoms with van der Waals surface area (Å²) < 4.78 is 18.6. The highest BCUT2D eigenvalue weighted by molar-refractivity contribution is 6.31. The van der Waals surface area contributed by atoms with Crippen molar-refractivity contribution in [1.29, 1.82) is 0 Å². The number of nitrogens with zero attached hydrogens (tertiary/aromatic N) is 2. The number of rotatable bonds is 5. The van der Waals surface area contributed by atoms with Crippen molar-refractivity contribution in [2.24, 2.45) is 0 Å². The van der Waals surface area contributed by atoms with Crippen molar-refractivity contribution in [3.8, 4) is 0 Å². The number of likely N-dealkylation sites (N-methyl/N-ethyl adjacent to an activating group) is 1. The number of pyridine rings is 1. The van der Waals surface area contributed by atoms with Crippen LogP contribution in [0.25, 0.3) is 10.9 Å². The average molecular weight is 442 g/mol. The van der Waals surface area contributed by atoms with Gasteiger partial charge in [-0.2, -0.15) is 0 Å². The molecule has 4 rings (SSSR count). The molecule has 160 valence electrons. The van der Waals surface area contributed by atoms with Crippen molar-refractivity contribution in [2.45, 2.75) is 19.9 Å². The van der Waals surface area contributed by atoms with Gasteiger partial charge in [-0.1, -0.05) is 36.7 Å². The second-order valence-electron chi connectivity index (χ2n) is 7.30. The molecular formula is C23H21ClFN3O3. The number of carbonyl (C=O) groups excluding carboxylic acids is 2. The van der Waals surface area contributed by atoms with Gasteiger partial charge in [0.15, 0.2) is 6.61 Å². The SMILES string of the molecule is CCN1CCc2nc3ccccc3c(C(=O)OCC(=O)Nc3ccc(F)c(Cl)c3)c2C1. The summed E-state index contributed by atoms with van der Waals surface area (Å²) in [5.41, 5.74) is 3.24. The van der Waals surface area contributed by atoms with E-state index >= 15 is 0 Å². The van der Waals surface area contributed by atoms with E-state index in [9.17, 15) is 14.0 Å². The summed E-state index contributed by atoms with van der Waals surface area (Å²) in [5.74, 6) is -1.69. The first-order valence-electron chi connectivity index (χ1n) is 10.0. The molecule has 6 nitrogen and oxygen atoms in total. The molecule has 1 amide bonds. The third-order valence-corrected chi connectivity index (χ3v) is 5.60. The van der Waals surface area contributed by atoms with Gasteiger partial charge >= 0.3 is 5.97 Å². The highest BCUT2D eigenvalue weighted by Crippen LogP contribution is 2.28. The number of para-hydroxylation sites is 1. The van der Waals surface area contributed by atoms with Crippen molar-refractivity contribution in [2.75, 3.05) is 25.0 Å². The molecule has 0 unspecified atom stereocenters. The second kappa shape index (κ2) is 8.99. The molecule has 2 aromatic carbocycles. The quantitative estimate of drug-likeness (QED) is 0.601. The van der Waals surface area contributed by atoms with Crippen molar-refractivity contribution >= 4 is 40.1 Å². The first-order valence-corrected chi connectivity index (χ1v) is 10.4. The molecule has 0 bridgehead atoms. The minimum absolute atomic E-state index is 0.106. The Bertz CT molecular complexity index is 1170. The molecule has 0 spiro atoms. The minimum Gasteiger partial charge on any atom is -0.452 e. The number of benzene rings is 2. The fraction of sp³-hybridized carbons (Fsp3) is 0.261. The van der Waals surface area contributed by atoms with Crippen LogP contribution in [0.4, 0.5) is 10.1 Å². The highest BCUT2D eigenvalue weighted by Gasteiger charge is 2.26. The summed E-state index contributed by atoms with van der Waals surface area (Å²) in [4.78, 5) is 32.3. The molecule has 3 aromatic rings. The number of fused-ring (bicyclic) bond motifs is 2. The van der Waals surface area contributed by atoms with Gasteiger partial charge in [-0.05, 0) is 30.8 Å². The zero-order valence-electron chi connectivity index (χ0n) is 17.0. The van der Waals surface area contributed by atoms with E-state index in [1.165, 1.54) is 12.1 Å². The maximum atomic E-state index is 13.3. The fourth-order valence-electron chi connectivity index (χ4n) is 3.72. The molecule has 1 aliphatic heterocycles. The number of amides is 1. The van der Waals surface area contributed by atoms with Gasteiger partial charge in [0.05, 0.1) is 16.1 Å². The molecule has 31 heavy (non-hydrogen) atoms. The van der Waals surface area contributed by atoms with E-state index in [4.69, 9.17) is 21.3 Å². The lowest BCUT2D eigenvalue weighted by atomic mass is 9.96. The lowest BCUT2D eigenvalue weighted by Crippen LogP contribution is -2.32. The lowest BCUT2D eigenvalue weighted by Gasteiger charge is -2.28. The number of esters is 1. The van der Waals surface area contributed by atoms with Gasteiger partial charge in [0.1, 0.15) is 5.82 Å². The van der Waals surface area contributed by atoms with Gasteiger partial charge in [0.2, 0.25) is 0 Å². The van der Waals surface area contributed by atoms with E-state index in [1.807, 2.05) is 24.3 Å². The summed E-state index contributed by atoms with van der Waals surface area (Å²) in [6, 6.07) is 11.3. The van der Waals surface area contributed by atoms with Crippen molar-refractivity contribution < 1.29 is 18.7 Å². The Labute approximate surface area is 184 Å². The Morgan fingerprint density at radius 2 is 2.06 bits per heavy atom. The van der Waals surface area contributed by atoms with Gasteiger partial charge in [-0.15, -0.1) is 0 Å². The van der Waals surface area contributed by atoms with Gasteiger partial charge in [0, 0.05) is 41.8 Å². The molecule has 1 aromatic heterocycles. The molecule has 1 N–H and O–H groups in total. The van der Waals surface area contributed by atoms with E-state index in [1.54, 1.807) is 0 Å². The number of anilines is 1. The molecule has 2 heterocycles. The van der Waals surface area contributed by atoms with Crippen LogP contribution in [0.2, 0.25) is 5.02 Å².